The standard InChI is InChI=1S/C12H19NO/c1-8(14)13-12-5-3-11(2,4-6-12)9-7-10(9)12/h9-10H,3-7H2,1-2H3,(H,13,14). The van der Waals surface area contributed by atoms with Crippen molar-refractivity contribution in [2.45, 2.75) is 51.5 Å². The maximum atomic E-state index is 11.2. The number of hydrogen-bond acceptors (Lipinski definition) is 1. The van der Waals surface area contributed by atoms with Gasteiger partial charge in [0.2, 0.25) is 5.91 Å². The summed E-state index contributed by atoms with van der Waals surface area (Å²) in [5, 5.41) is 3.25. The number of nitrogens with one attached hydrogen (secondary N) is 1. The Hall–Kier alpha value is -0.530. The molecule has 4 aliphatic rings. The third-order valence-corrected chi connectivity index (χ3v) is 5.10. The molecule has 2 atom stereocenters. The van der Waals surface area contributed by atoms with Crippen LogP contribution in [0.5, 0.6) is 0 Å². The van der Waals surface area contributed by atoms with Gasteiger partial charge in [0.05, 0.1) is 0 Å². The van der Waals surface area contributed by atoms with E-state index in [-0.39, 0.29) is 11.4 Å². The van der Waals surface area contributed by atoms with Gasteiger partial charge in [-0.1, -0.05) is 6.92 Å². The Morgan fingerprint density at radius 2 is 1.86 bits per heavy atom. The second kappa shape index (κ2) is 2.34. The molecule has 14 heavy (non-hydrogen) atoms. The van der Waals surface area contributed by atoms with Crippen molar-refractivity contribution >= 4 is 5.91 Å². The van der Waals surface area contributed by atoms with E-state index in [1.807, 2.05) is 0 Å². The topological polar surface area (TPSA) is 29.1 Å². The van der Waals surface area contributed by atoms with Gasteiger partial charge in [0, 0.05) is 12.5 Å². The summed E-state index contributed by atoms with van der Waals surface area (Å²) in [4.78, 5) is 11.2. The molecule has 0 heterocycles. The zero-order valence-electron chi connectivity index (χ0n) is 9.10. The molecule has 0 spiro atoms. The molecule has 2 bridgehead atoms. The SMILES string of the molecule is CC(=O)NC12CCC(C)(CC1)C1CC12. The fraction of sp³-hybridized carbons (Fsp3) is 0.917. The van der Waals surface area contributed by atoms with Crippen molar-refractivity contribution in [3.63, 3.8) is 0 Å². The number of rotatable bonds is 1. The summed E-state index contributed by atoms with van der Waals surface area (Å²) in [6.07, 6.45) is 6.48. The number of amides is 1. The Balaban J connectivity index is 1.87. The molecule has 0 aliphatic heterocycles. The average Bonchev–Trinajstić information content (AvgIpc) is 2.88. The molecular formula is C12H19NO. The molecule has 4 rings (SSSR count). The lowest BCUT2D eigenvalue weighted by Crippen LogP contribution is -2.57. The summed E-state index contributed by atoms with van der Waals surface area (Å²) in [5.74, 6) is 1.91. The molecule has 2 nitrogen and oxygen atoms in total. The van der Waals surface area contributed by atoms with Gasteiger partial charge in [0.15, 0.2) is 0 Å². The van der Waals surface area contributed by atoms with Gasteiger partial charge in [-0.05, 0) is 49.4 Å². The molecule has 0 aromatic heterocycles. The van der Waals surface area contributed by atoms with Crippen LogP contribution >= 0.6 is 0 Å². The van der Waals surface area contributed by atoms with Gasteiger partial charge in [-0.15, -0.1) is 0 Å². The van der Waals surface area contributed by atoms with E-state index >= 15 is 0 Å². The van der Waals surface area contributed by atoms with Gasteiger partial charge < -0.3 is 5.32 Å². The van der Waals surface area contributed by atoms with E-state index in [0.717, 1.165) is 11.8 Å². The van der Waals surface area contributed by atoms with Crippen molar-refractivity contribution in [3.05, 3.63) is 0 Å². The number of carbonyl (C=O) groups excluding carboxylic acids is 1. The molecule has 1 amide bonds. The van der Waals surface area contributed by atoms with Crippen LogP contribution in [0.2, 0.25) is 0 Å². The van der Waals surface area contributed by atoms with Crippen LogP contribution in [0.15, 0.2) is 0 Å². The molecule has 4 saturated carbocycles. The van der Waals surface area contributed by atoms with E-state index < -0.39 is 0 Å². The van der Waals surface area contributed by atoms with E-state index in [1.54, 1.807) is 6.92 Å². The number of fused-ring (bicyclic) bond motifs is 2. The van der Waals surface area contributed by atoms with Gasteiger partial charge in [0.1, 0.15) is 0 Å². The zero-order chi connectivity index (χ0) is 9.97. The third-order valence-electron chi connectivity index (χ3n) is 5.10. The fourth-order valence-electron chi connectivity index (χ4n) is 4.15. The first-order valence-corrected chi connectivity index (χ1v) is 5.85. The lowest BCUT2D eigenvalue weighted by molar-refractivity contribution is -0.123. The lowest BCUT2D eigenvalue weighted by atomic mass is 9.58. The van der Waals surface area contributed by atoms with E-state index in [2.05, 4.69) is 12.2 Å². The van der Waals surface area contributed by atoms with Crippen LogP contribution in [-0.2, 0) is 4.79 Å². The Kier molecular flexibility index (Phi) is 1.46. The fourth-order valence-corrected chi connectivity index (χ4v) is 4.15. The van der Waals surface area contributed by atoms with Crippen LogP contribution in [-0.4, -0.2) is 11.4 Å². The van der Waals surface area contributed by atoms with Crippen LogP contribution in [0.25, 0.3) is 0 Å². The summed E-state index contributed by atoms with van der Waals surface area (Å²) in [6.45, 7) is 4.11. The van der Waals surface area contributed by atoms with E-state index in [4.69, 9.17) is 0 Å². The highest BCUT2D eigenvalue weighted by atomic mass is 16.1. The van der Waals surface area contributed by atoms with E-state index in [1.165, 1.54) is 32.1 Å². The quantitative estimate of drug-likeness (QED) is 0.679. The molecule has 2 unspecified atom stereocenters. The second-order valence-electron chi connectivity index (χ2n) is 5.94. The Labute approximate surface area is 85.4 Å². The predicted molar refractivity (Wildman–Crippen MR) is 54.7 cm³/mol. The van der Waals surface area contributed by atoms with E-state index in [0.29, 0.717) is 5.41 Å². The maximum absolute atomic E-state index is 11.2. The smallest absolute Gasteiger partial charge is 0.217 e. The minimum absolute atomic E-state index is 0.168. The highest BCUT2D eigenvalue weighted by Crippen LogP contribution is 2.69. The largest absolute Gasteiger partial charge is 0.351 e. The van der Waals surface area contributed by atoms with Crippen molar-refractivity contribution in [1.82, 2.24) is 5.32 Å². The van der Waals surface area contributed by atoms with Crippen LogP contribution in [0.3, 0.4) is 0 Å². The van der Waals surface area contributed by atoms with Crippen molar-refractivity contribution in [1.29, 1.82) is 0 Å². The molecule has 0 saturated heterocycles. The highest BCUT2D eigenvalue weighted by molar-refractivity contribution is 5.74. The monoisotopic (exact) mass is 193 g/mol. The Morgan fingerprint density at radius 1 is 1.21 bits per heavy atom. The number of hydrogen-bond donors (Lipinski definition) is 1. The minimum atomic E-state index is 0.168. The predicted octanol–water partition coefficient (Wildman–Crippen LogP) is 2.09. The molecule has 0 radical (unpaired) electrons. The normalized spacial score (nSPS) is 53.9. The third kappa shape index (κ3) is 0.945. The first-order chi connectivity index (χ1) is 6.56. The maximum Gasteiger partial charge on any atom is 0.217 e. The van der Waals surface area contributed by atoms with Gasteiger partial charge in [-0.25, -0.2) is 0 Å². The number of carbonyl (C=O) groups is 1. The van der Waals surface area contributed by atoms with Gasteiger partial charge >= 0.3 is 0 Å². The molecule has 1 N–H and O–H groups in total. The van der Waals surface area contributed by atoms with Crippen LogP contribution in [0.1, 0.15) is 46.0 Å². The van der Waals surface area contributed by atoms with Crippen molar-refractivity contribution in [2.24, 2.45) is 17.3 Å². The van der Waals surface area contributed by atoms with Crippen LogP contribution in [0.4, 0.5) is 0 Å². The zero-order valence-corrected chi connectivity index (χ0v) is 9.10. The van der Waals surface area contributed by atoms with E-state index in [9.17, 15) is 4.79 Å². The summed E-state index contributed by atoms with van der Waals surface area (Å²) >= 11 is 0. The summed E-state index contributed by atoms with van der Waals surface area (Å²) in [7, 11) is 0. The van der Waals surface area contributed by atoms with Gasteiger partial charge in [-0.2, -0.15) is 0 Å². The van der Waals surface area contributed by atoms with Crippen molar-refractivity contribution in [2.75, 3.05) is 0 Å². The molecular weight excluding hydrogens is 174 g/mol. The second-order valence-corrected chi connectivity index (χ2v) is 5.94. The first kappa shape index (κ1) is 8.75. The molecule has 0 aromatic carbocycles. The molecule has 4 aliphatic carbocycles. The van der Waals surface area contributed by atoms with Crippen LogP contribution in [0, 0.1) is 17.3 Å². The average molecular weight is 193 g/mol. The summed E-state index contributed by atoms with van der Waals surface area (Å²) in [6, 6.07) is 0. The van der Waals surface area contributed by atoms with Crippen molar-refractivity contribution in [3.8, 4) is 0 Å². The summed E-state index contributed by atoms with van der Waals surface area (Å²) in [5.41, 5.74) is 0.846. The highest BCUT2D eigenvalue weighted by Gasteiger charge is 2.66. The molecule has 4 fully saturated rings. The Bertz CT molecular complexity index is 289. The van der Waals surface area contributed by atoms with Crippen molar-refractivity contribution < 1.29 is 4.79 Å². The van der Waals surface area contributed by atoms with Gasteiger partial charge in [-0.3, -0.25) is 4.79 Å². The lowest BCUT2D eigenvalue weighted by Gasteiger charge is -2.51. The van der Waals surface area contributed by atoms with Gasteiger partial charge in [0.25, 0.3) is 0 Å². The Morgan fingerprint density at radius 3 is 2.43 bits per heavy atom. The molecule has 2 heteroatoms. The first-order valence-electron chi connectivity index (χ1n) is 5.85. The summed E-state index contributed by atoms with van der Waals surface area (Å²) < 4.78 is 0. The molecule has 78 valence electrons. The van der Waals surface area contributed by atoms with Crippen LogP contribution < -0.4 is 5.32 Å². The molecule has 0 aromatic rings. The minimum Gasteiger partial charge on any atom is -0.351 e.